The lowest BCUT2D eigenvalue weighted by molar-refractivity contribution is 0.879. The van der Waals surface area contributed by atoms with Gasteiger partial charge in [-0.1, -0.05) is 31.9 Å². The highest BCUT2D eigenvalue weighted by atomic mass is 79.9. The first-order chi connectivity index (χ1) is 5.77. The third-order valence-corrected chi connectivity index (χ3v) is 4.51. The summed E-state index contributed by atoms with van der Waals surface area (Å²) in [7, 11) is 0. The van der Waals surface area contributed by atoms with Gasteiger partial charge in [-0.05, 0) is 35.9 Å². The van der Waals surface area contributed by atoms with E-state index in [2.05, 4.69) is 50.1 Å². The molecule has 1 heterocycles. The Hall–Kier alpha value is 0.530. The summed E-state index contributed by atoms with van der Waals surface area (Å²) in [6, 6.07) is 6.51. The molecule has 0 amide bonds. The first-order valence-corrected chi connectivity index (χ1v) is 6.53. The van der Waals surface area contributed by atoms with E-state index < -0.39 is 0 Å². The Labute approximate surface area is 93.4 Å². The molecule has 1 aliphatic rings. The van der Waals surface area contributed by atoms with Gasteiger partial charge in [-0.15, -0.1) is 11.8 Å². The predicted octanol–water partition coefficient (Wildman–Crippen LogP) is 4.38. The van der Waals surface area contributed by atoms with Gasteiger partial charge in [0, 0.05) is 14.2 Å². The number of hydrogen-bond acceptors (Lipinski definition) is 1. The van der Waals surface area contributed by atoms with E-state index in [1.807, 2.05) is 11.8 Å². The second-order valence-corrected chi connectivity index (χ2v) is 5.94. The van der Waals surface area contributed by atoms with E-state index in [0.717, 1.165) is 0 Å². The van der Waals surface area contributed by atoms with Crippen LogP contribution in [-0.2, 0) is 0 Å². The molecule has 1 aromatic carbocycles. The molecular weight excluding hydrogens is 300 g/mol. The molecule has 0 bridgehead atoms. The lowest BCUT2D eigenvalue weighted by atomic mass is 10.1. The summed E-state index contributed by atoms with van der Waals surface area (Å²) in [5, 5.41) is 0. The quantitative estimate of drug-likeness (QED) is 0.641. The number of halogens is 2. The van der Waals surface area contributed by atoms with Crippen LogP contribution in [0, 0.1) is 0 Å². The third kappa shape index (κ3) is 1.73. The van der Waals surface area contributed by atoms with Crippen molar-refractivity contribution in [1.29, 1.82) is 0 Å². The van der Waals surface area contributed by atoms with Gasteiger partial charge in [-0.25, -0.2) is 0 Å². The molecule has 0 radical (unpaired) electrons. The molecule has 0 saturated heterocycles. The normalized spacial score (nSPS) is 22.0. The highest BCUT2D eigenvalue weighted by Gasteiger charge is 2.17. The number of hydrogen-bond donors (Lipinski definition) is 0. The standard InChI is InChI=1S/C9H8Br2S/c10-6-1-2-9-7(5-6)8(11)3-4-12-9/h1-2,5,8H,3-4H2. The van der Waals surface area contributed by atoms with Crippen LogP contribution in [0.5, 0.6) is 0 Å². The van der Waals surface area contributed by atoms with E-state index in [-0.39, 0.29) is 0 Å². The summed E-state index contributed by atoms with van der Waals surface area (Å²) in [6.07, 6.45) is 1.23. The minimum Gasteiger partial charge on any atom is -0.126 e. The zero-order valence-electron chi connectivity index (χ0n) is 6.39. The molecule has 0 spiro atoms. The van der Waals surface area contributed by atoms with Crippen LogP contribution >= 0.6 is 43.6 Å². The smallest absolute Gasteiger partial charge is 0.0414 e. The van der Waals surface area contributed by atoms with Crippen molar-refractivity contribution < 1.29 is 0 Å². The lowest BCUT2D eigenvalue weighted by Crippen LogP contribution is -2.00. The topological polar surface area (TPSA) is 0 Å². The number of alkyl halides is 1. The van der Waals surface area contributed by atoms with Crippen molar-refractivity contribution in [3.05, 3.63) is 28.2 Å². The molecule has 64 valence electrons. The largest absolute Gasteiger partial charge is 0.126 e. The molecule has 0 fully saturated rings. The SMILES string of the molecule is Brc1ccc2c(c1)C(Br)CCS2. The Kier molecular flexibility index (Phi) is 2.82. The first-order valence-electron chi connectivity index (χ1n) is 3.83. The Morgan fingerprint density at radius 2 is 2.25 bits per heavy atom. The van der Waals surface area contributed by atoms with E-state index in [1.165, 1.54) is 27.1 Å². The van der Waals surface area contributed by atoms with Crippen LogP contribution < -0.4 is 0 Å². The van der Waals surface area contributed by atoms with E-state index in [1.54, 1.807) is 0 Å². The maximum Gasteiger partial charge on any atom is 0.0414 e. The van der Waals surface area contributed by atoms with Gasteiger partial charge in [0.2, 0.25) is 0 Å². The molecule has 2 rings (SSSR count). The number of rotatable bonds is 0. The van der Waals surface area contributed by atoms with Crippen molar-refractivity contribution in [2.45, 2.75) is 16.1 Å². The monoisotopic (exact) mass is 306 g/mol. The van der Waals surface area contributed by atoms with Crippen LogP contribution in [0.1, 0.15) is 16.8 Å². The van der Waals surface area contributed by atoms with Crippen LogP contribution in [0.15, 0.2) is 27.6 Å². The van der Waals surface area contributed by atoms with Gasteiger partial charge in [0.15, 0.2) is 0 Å². The molecule has 0 aliphatic carbocycles. The summed E-state index contributed by atoms with van der Waals surface area (Å²) in [6.45, 7) is 0. The van der Waals surface area contributed by atoms with Crippen molar-refractivity contribution in [3.63, 3.8) is 0 Å². The van der Waals surface area contributed by atoms with Gasteiger partial charge in [0.05, 0.1) is 0 Å². The molecule has 1 unspecified atom stereocenters. The Balaban J connectivity index is 2.47. The van der Waals surface area contributed by atoms with Gasteiger partial charge in [0.25, 0.3) is 0 Å². The molecule has 0 saturated carbocycles. The number of benzene rings is 1. The zero-order valence-corrected chi connectivity index (χ0v) is 10.4. The van der Waals surface area contributed by atoms with Crippen molar-refractivity contribution in [2.75, 3.05) is 5.75 Å². The van der Waals surface area contributed by atoms with Gasteiger partial charge in [-0.3, -0.25) is 0 Å². The number of thioether (sulfide) groups is 1. The fourth-order valence-corrected chi connectivity index (χ4v) is 3.87. The Morgan fingerprint density at radius 3 is 3.08 bits per heavy atom. The maximum absolute atomic E-state index is 3.69. The molecule has 1 aliphatic heterocycles. The highest BCUT2D eigenvalue weighted by Crippen LogP contribution is 2.41. The van der Waals surface area contributed by atoms with Crippen LogP contribution in [0.4, 0.5) is 0 Å². The van der Waals surface area contributed by atoms with Crippen LogP contribution in [0.3, 0.4) is 0 Å². The lowest BCUT2D eigenvalue weighted by Gasteiger charge is -2.20. The molecule has 12 heavy (non-hydrogen) atoms. The van der Waals surface area contributed by atoms with Crippen LogP contribution in [0.2, 0.25) is 0 Å². The Bertz CT molecular complexity index is 299. The summed E-state index contributed by atoms with van der Waals surface area (Å²) < 4.78 is 1.17. The molecular formula is C9H8Br2S. The van der Waals surface area contributed by atoms with Gasteiger partial charge in [0.1, 0.15) is 0 Å². The average molecular weight is 308 g/mol. The predicted molar refractivity (Wildman–Crippen MR) is 61.2 cm³/mol. The van der Waals surface area contributed by atoms with Crippen LogP contribution in [0.25, 0.3) is 0 Å². The summed E-state index contributed by atoms with van der Waals surface area (Å²) >= 11 is 9.13. The fraction of sp³-hybridized carbons (Fsp3) is 0.333. The second kappa shape index (κ2) is 3.72. The van der Waals surface area contributed by atoms with Crippen molar-refractivity contribution >= 4 is 43.6 Å². The molecule has 3 heteroatoms. The van der Waals surface area contributed by atoms with E-state index >= 15 is 0 Å². The maximum atomic E-state index is 3.69. The first kappa shape index (κ1) is 9.10. The molecule has 0 aromatic heterocycles. The zero-order chi connectivity index (χ0) is 8.55. The fourth-order valence-electron chi connectivity index (χ4n) is 1.32. The van der Waals surface area contributed by atoms with Crippen LogP contribution in [-0.4, -0.2) is 5.75 Å². The van der Waals surface area contributed by atoms with E-state index in [4.69, 9.17) is 0 Å². The highest BCUT2D eigenvalue weighted by molar-refractivity contribution is 9.10. The van der Waals surface area contributed by atoms with Gasteiger partial charge >= 0.3 is 0 Å². The molecule has 0 N–H and O–H groups in total. The van der Waals surface area contributed by atoms with Crippen molar-refractivity contribution in [3.8, 4) is 0 Å². The van der Waals surface area contributed by atoms with Gasteiger partial charge < -0.3 is 0 Å². The Morgan fingerprint density at radius 1 is 1.42 bits per heavy atom. The summed E-state index contributed by atoms with van der Waals surface area (Å²) in [5.74, 6) is 1.23. The minimum atomic E-state index is 0.547. The summed E-state index contributed by atoms with van der Waals surface area (Å²) in [5.41, 5.74) is 1.43. The van der Waals surface area contributed by atoms with E-state index in [0.29, 0.717) is 4.83 Å². The summed E-state index contributed by atoms with van der Waals surface area (Å²) in [4.78, 5) is 1.97. The minimum absolute atomic E-state index is 0.547. The molecule has 1 atom stereocenters. The van der Waals surface area contributed by atoms with Crippen molar-refractivity contribution in [1.82, 2.24) is 0 Å². The number of fused-ring (bicyclic) bond motifs is 1. The van der Waals surface area contributed by atoms with Gasteiger partial charge in [-0.2, -0.15) is 0 Å². The van der Waals surface area contributed by atoms with E-state index in [9.17, 15) is 0 Å². The molecule has 1 aromatic rings. The van der Waals surface area contributed by atoms with Crippen molar-refractivity contribution in [2.24, 2.45) is 0 Å². The second-order valence-electron chi connectivity index (χ2n) is 2.79. The molecule has 0 nitrogen and oxygen atoms in total. The third-order valence-electron chi connectivity index (χ3n) is 1.94. The average Bonchev–Trinajstić information content (AvgIpc) is 2.07.